The first-order valence-corrected chi connectivity index (χ1v) is 10.1. The summed E-state index contributed by atoms with van der Waals surface area (Å²) in [6, 6.07) is 10.7. The summed E-state index contributed by atoms with van der Waals surface area (Å²) in [7, 11) is 0. The maximum atomic E-state index is 13.9. The molecule has 1 aliphatic heterocycles. The van der Waals surface area contributed by atoms with E-state index in [1.807, 2.05) is 0 Å². The zero-order valence-electron chi connectivity index (χ0n) is 17.4. The molecule has 1 amide bonds. The van der Waals surface area contributed by atoms with E-state index in [0.29, 0.717) is 0 Å². The summed E-state index contributed by atoms with van der Waals surface area (Å²) in [4.78, 5) is 38.4. The van der Waals surface area contributed by atoms with Gasteiger partial charge in [0, 0.05) is 17.8 Å². The van der Waals surface area contributed by atoms with Gasteiger partial charge in [0.2, 0.25) is 5.76 Å². The summed E-state index contributed by atoms with van der Waals surface area (Å²) in [5, 5.41) is 11.2. The first-order valence-electron chi connectivity index (χ1n) is 10.1. The fraction of sp³-hybridized carbons (Fsp3) is 0.0833. The van der Waals surface area contributed by atoms with E-state index in [-0.39, 0.29) is 33.5 Å². The molecule has 0 bridgehead atoms. The van der Waals surface area contributed by atoms with Gasteiger partial charge in [0.1, 0.15) is 11.4 Å². The Morgan fingerprint density at radius 3 is 2.43 bits per heavy atom. The van der Waals surface area contributed by atoms with Crippen molar-refractivity contribution in [2.45, 2.75) is 12.2 Å². The van der Waals surface area contributed by atoms with Crippen molar-refractivity contribution in [3.63, 3.8) is 0 Å². The van der Waals surface area contributed by atoms with Crippen LogP contribution in [-0.4, -0.2) is 10.8 Å². The van der Waals surface area contributed by atoms with Crippen LogP contribution in [0.15, 0.2) is 75.9 Å². The van der Waals surface area contributed by atoms with Crippen molar-refractivity contribution < 1.29 is 31.7 Å². The van der Waals surface area contributed by atoms with E-state index in [4.69, 9.17) is 4.42 Å². The first-order chi connectivity index (χ1) is 16.6. The van der Waals surface area contributed by atoms with E-state index in [1.54, 1.807) is 0 Å². The van der Waals surface area contributed by atoms with Gasteiger partial charge in [-0.25, -0.2) is 4.39 Å². The monoisotopic (exact) mass is 484 g/mol. The van der Waals surface area contributed by atoms with Crippen LogP contribution >= 0.6 is 0 Å². The van der Waals surface area contributed by atoms with Gasteiger partial charge in [0.25, 0.3) is 11.6 Å². The smallest absolute Gasteiger partial charge is 0.416 e. The van der Waals surface area contributed by atoms with E-state index >= 15 is 0 Å². The molecule has 1 aliphatic rings. The van der Waals surface area contributed by atoms with Crippen molar-refractivity contribution in [2.75, 3.05) is 4.90 Å². The number of non-ortho nitro benzene ring substituents is 1. The maximum Gasteiger partial charge on any atom is 0.416 e. The van der Waals surface area contributed by atoms with Crippen LogP contribution in [0.4, 0.5) is 28.9 Å². The van der Waals surface area contributed by atoms with Crippen LogP contribution < -0.4 is 10.3 Å². The summed E-state index contributed by atoms with van der Waals surface area (Å²) < 4.78 is 59.6. The molecule has 0 saturated heterocycles. The Hall–Kier alpha value is -4.54. The number of fused-ring (bicyclic) bond motifs is 2. The average Bonchev–Trinajstić information content (AvgIpc) is 3.12. The largest absolute Gasteiger partial charge is 0.450 e. The molecule has 5 rings (SSSR count). The molecular formula is C24H12F4N2O5. The number of halogens is 4. The second-order valence-electron chi connectivity index (χ2n) is 7.79. The summed E-state index contributed by atoms with van der Waals surface area (Å²) in [5.74, 6) is -2.10. The minimum absolute atomic E-state index is 0.0896. The maximum absolute atomic E-state index is 13.9. The number of carbonyl (C=O) groups is 1. The fourth-order valence-corrected chi connectivity index (χ4v) is 4.17. The normalized spacial score (nSPS) is 15.5. The number of benzene rings is 3. The highest BCUT2D eigenvalue weighted by molar-refractivity contribution is 6.10. The zero-order chi connectivity index (χ0) is 25.1. The second kappa shape index (κ2) is 7.76. The van der Waals surface area contributed by atoms with Crippen LogP contribution in [0.2, 0.25) is 0 Å². The molecule has 11 heteroatoms. The van der Waals surface area contributed by atoms with Crippen molar-refractivity contribution in [1.82, 2.24) is 0 Å². The Bertz CT molecular complexity index is 1600. The molecule has 35 heavy (non-hydrogen) atoms. The Morgan fingerprint density at radius 1 is 0.971 bits per heavy atom. The van der Waals surface area contributed by atoms with Gasteiger partial charge in [0.05, 0.1) is 27.5 Å². The molecule has 0 N–H and O–H groups in total. The average molecular weight is 484 g/mol. The van der Waals surface area contributed by atoms with Crippen molar-refractivity contribution >= 4 is 28.3 Å². The van der Waals surface area contributed by atoms with Crippen LogP contribution in [0, 0.1) is 15.9 Å². The van der Waals surface area contributed by atoms with Crippen LogP contribution in [-0.2, 0) is 6.18 Å². The van der Waals surface area contributed by atoms with Gasteiger partial charge in [-0.2, -0.15) is 13.2 Å². The van der Waals surface area contributed by atoms with Crippen molar-refractivity contribution in [2.24, 2.45) is 0 Å². The molecule has 1 unspecified atom stereocenters. The van der Waals surface area contributed by atoms with Crippen LogP contribution in [0.5, 0.6) is 0 Å². The van der Waals surface area contributed by atoms with Crippen molar-refractivity contribution in [1.29, 1.82) is 0 Å². The molecule has 7 nitrogen and oxygen atoms in total. The van der Waals surface area contributed by atoms with E-state index in [9.17, 15) is 37.3 Å². The van der Waals surface area contributed by atoms with Gasteiger partial charge in [0.15, 0.2) is 5.43 Å². The molecule has 3 aromatic carbocycles. The molecule has 0 saturated carbocycles. The van der Waals surface area contributed by atoms with Crippen LogP contribution in [0.25, 0.3) is 11.0 Å². The number of hydrogen-bond donors (Lipinski definition) is 0. The fourth-order valence-electron chi connectivity index (χ4n) is 4.17. The predicted octanol–water partition coefficient (Wildman–Crippen LogP) is 5.61. The molecule has 0 radical (unpaired) electrons. The SMILES string of the molecule is O=C1c2oc3ccc(F)cc3c(=O)c2C(c2cccc([N+](=O)[O-])c2)N1c1cccc(C(F)(F)F)c1. The zero-order valence-corrected chi connectivity index (χ0v) is 17.4. The molecule has 1 atom stereocenters. The third kappa shape index (κ3) is 3.61. The molecule has 0 aliphatic carbocycles. The highest BCUT2D eigenvalue weighted by Gasteiger charge is 2.44. The van der Waals surface area contributed by atoms with E-state index < -0.39 is 45.6 Å². The van der Waals surface area contributed by atoms with Gasteiger partial charge >= 0.3 is 6.18 Å². The van der Waals surface area contributed by atoms with Gasteiger partial charge in [-0.1, -0.05) is 18.2 Å². The topological polar surface area (TPSA) is 93.7 Å². The van der Waals surface area contributed by atoms with Gasteiger partial charge in [-0.15, -0.1) is 0 Å². The van der Waals surface area contributed by atoms with E-state index in [0.717, 1.165) is 47.4 Å². The molecule has 2 heterocycles. The lowest BCUT2D eigenvalue weighted by Gasteiger charge is -2.25. The third-order valence-corrected chi connectivity index (χ3v) is 5.68. The number of anilines is 1. The Kier molecular flexibility index (Phi) is 4.93. The minimum atomic E-state index is -4.72. The second-order valence-corrected chi connectivity index (χ2v) is 7.79. The van der Waals surface area contributed by atoms with E-state index in [1.165, 1.54) is 24.3 Å². The molecular weight excluding hydrogens is 472 g/mol. The Morgan fingerprint density at radius 2 is 1.71 bits per heavy atom. The standard InChI is InChI=1S/C24H12F4N2O5/c25-14-7-8-18-17(11-14)21(31)19-20(12-3-1-6-16(9-12)30(33)34)29(23(32)22(19)35-18)15-5-2-4-13(10-15)24(26,27)28/h1-11,20H. The van der Waals surface area contributed by atoms with Crippen molar-refractivity contribution in [3.8, 4) is 0 Å². The van der Waals surface area contributed by atoms with Gasteiger partial charge in [-0.05, 0) is 42.0 Å². The van der Waals surface area contributed by atoms with Crippen LogP contribution in [0.3, 0.4) is 0 Å². The number of rotatable bonds is 3. The van der Waals surface area contributed by atoms with Crippen LogP contribution in [0.1, 0.15) is 33.3 Å². The Labute approximate surface area is 193 Å². The number of nitro benzene ring substituents is 1. The number of hydrogen-bond acceptors (Lipinski definition) is 5. The van der Waals surface area contributed by atoms with Gasteiger partial charge in [-0.3, -0.25) is 24.6 Å². The number of nitro groups is 1. The summed E-state index contributed by atoms with van der Waals surface area (Å²) in [5.41, 5.74) is -2.64. The van der Waals surface area contributed by atoms with Gasteiger partial charge < -0.3 is 4.42 Å². The molecule has 1 aromatic heterocycles. The highest BCUT2D eigenvalue weighted by atomic mass is 19.4. The molecule has 0 fully saturated rings. The number of nitrogens with zero attached hydrogens (tertiary/aromatic N) is 2. The lowest BCUT2D eigenvalue weighted by molar-refractivity contribution is -0.384. The minimum Gasteiger partial charge on any atom is -0.450 e. The third-order valence-electron chi connectivity index (χ3n) is 5.68. The highest BCUT2D eigenvalue weighted by Crippen LogP contribution is 2.43. The lowest BCUT2D eigenvalue weighted by Crippen LogP contribution is -2.29. The summed E-state index contributed by atoms with van der Waals surface area (Å²) in [6.45, 7) is 0. The lowest BCUT2D eigenvalue weighted by atomic mass is 9.97. The quantitative estimate of drug-likeness (QED) is 0.214. The molecule has 0 spiro atoms. The first kappa shape index (κ1) is 22.3. The molecule has 4 aromatic rings. The summed E-state index contributed by atoms with van der Waals surface area (Å²) in [6.07, 6.45) is -4.72. The Balaban J connectivity index is 1.81. The predicted molar refractivity (Wildman–Crippen MR) is 116 cm³/mol. The van der Waals surface area contributed by atoms with Crippen molar-refractivity contribution in [3.05, 3.63) is 115 Å². The van der Waals surface area contributed by atoms with E-state index in [2.05, 4.69) is 0 Å². The number of amides is 1. The number of carbonyl (C=O) groups excluding carboxylic acids is 1. The summed E-state index contributed by atoms with van der Waals surface area (Å²) >= 11 is 0. The molecule has 176 valence electrons. The number of alkyl halides is 3.